The highest BCUT2D eigenvalue weighted by Gasteiger charge is 2.71. The van der Waals surface area contributed by atoms with Crippen LogP contribution in [0, 0.1) is 12.3 Å². The van der Waals surface area contributed by atoms with Crippen LogP contribution < -0.4 is 19.1 Å². The number of aryl methyl sites for hydroxylation is 1. The Balaban J connectivity index is 1.55. The molecule has 2 aliphatic heterocycles. The number of nitrogens with zero attached hydrogens (tertiary/aromatic N) is 1. The molecule has 3 aliphatic rings. The SMILES string of the molecule is COc1cccc(C(=O)[C@H]2[C@H](c3ccc(OC)c(OC)c3)C3(C(=O)c4ccccc4C3=O)C3C=Cc4cc(C)ccc4N32)c1. The molecule has 0 radical (unpaired) electrons. The van der Waals surface area contributed by atoms with Gasteiger partial charge in [-0.25, -0.2) is 0 Å². The Hall–Kier alpha value is -5.17. The lowest BCUT2D eigenvalue weighted by Gasteiger charge is -2.37. The molecule has 7 nitrogen and oxygen atoms in total. The maximum absolute atomic E-state index is 14.9. The lowest BCUT2D eigenvalue weighted by molar-refractivity contribution is 0.0665. The van der Waals surface area contributed by atoms with E-state index in [1.165, 1.54) is 7.11 Å². The Kier molecular flexibility index (Phi) is 6.43. The van der Waals surface area contributed by atoms with Crippen molar-refractivity contribution in [1.82, 2.24) is 0 Å². The first kappa shape index (κ1) is 27.7. The molecule has 1 saturated heterocycles. The third-order valence-electron chi connectivity index (χ3n) is 9.35. The van der Waals surface area contributed by atoms with Gasteiger partial charge < -0.3 is 19.1 Å². The van der Waals surface area contributed by atoms with Gasteiger partial charge in [0.05, 0.1) is 27.4 Å². The molecule has 1 unspecified atom stereocenters. The van der Waals surface area contributed by atoms with E-state index in [9.17, 15) is 14.4 Å². The van der Waals surface area contributed by atoms with E-state index < -0.39 is 23.4 Å². The van der Waals surface area contributed by atoms with Crippen molar-refractivity contribution in [3.8, 4) is 17.2 Å². The number of methoxy groups -OCH3 is 3. The molecular formula is C37H31NO6. The van der Waals surface area contributed by atoms with E-state index in [2.05, 4.69) is 6.07 Å². The van der Waals surface area contributed by atoms with Crippen LogP contribution >= 0.6 is 0 Å². The molecule has 7 heteroatoms. The highest BCUT2D eigenvalue weighted by atomic mass is 16.5. The third-order valence-corrected chi connectivity index (χ3v) is 9.35. The van der Waals surface area contributed by atoms with Crippen LogP contribution in [-0.2, 0) is 0 Å². The number of benzene rings is 4. The van der Waals surface area contributed by atoms with E-state index in [4.69, 9.17) is 14.2 Å². The van der Waals surface area contributed by atoms with Gasteiger partial charge in [0.1, 0.15) is 17.2 Å². The van der Waals surface area contributed by atoms with Gasteiger partial charge in [0, 0.05) is 28.3 Å². The number of hydrogen-bond acceptors (Lipinski definition) is 7. The zero-order valence-corrected chi connectivity index (χ0v) is 24.9. The Morgan fingerprint density at radius 1 is 0.773 bits per heavy atom. The molecule has 4 aromatic carbocycles. The predicted molar refractivity (Wildman–Crippen MR) is 167 cm³/mol. The van der Waals surface area contributed by atoms with E-state index in [0.29, 0.717) is 39.5 Å². The van der Waals surface area contributed by atoms with E-state index in [-0.39, 0.29) is 17.3 Å². The second-order valence-corrected chi connectivity index (χ2v) is 11.5. The number of rotatable bonds is 6. The summed E-state index contributed by atoms with van der Waals surface area (Å²) in [4.78, 5) is 46.6. The summed E-state index contributed by atoms with van der Waals surface area (Å²) in [5.41, 5.74) is 2.98. The Morgan fingerprint density at radius 2 is 1.50 bits per heavy atom. The monoisotopic (exact) mass is 585 g/mol. The predicted octanol–water partition coefficient (Wildman–Crippen LogP) is 6.34. The molecule has 0 amide bonds. The number of ether oxygens (including phenoxy) is 3. The summed E-state index contributed by atoms with van der Waals surface area (Å²) in [5.74, 6) is -0.163. The van der Waals surface area contributed by atoms with Crippen molar-refractivity contribution in [3.05, 3.63) is 124 Å². The van der Waals surface area contributed by atoms with Crippen LogP contribution in [0.5, 0.6) is 17.2 Å². The maximum Gasteiger partial charge on any atom is 0.186 e. The van der Waals surface area contributed by atoms with E-state index in [0.717, 1.165) is 16.8 Å². The molecular weight excluding hydrogens is 554 g/mol. The van der Waals surface area contributed by atoms with Crippen molar-refractivity contribution in [3.63, 3.8) is 0 Å². The van der Waals surface area contributed by atoms with Gasteiger partial charge in [-0.1, -0.05) is 66.2 Å². The number of ketones is 3. The summed E-state index contributed by atoms with van der Waals surface area (Å²) in [6.07, 6.45) is 3.90. The lowest BCUT2D eigenvalue weighted by atomic mass is 9.64. The minimum absolute atomic E-state index is 0.219. The number of carbonyl (C=O) groups is 3. The smallest absolute Gasteiger partial charge is 0.186 e. The first-order valence-electron chi connectivity index (χ1n) is 14.5. The van der Waals surface area contributed by atoms with Crippen LogP contribution in [0.3, 0.4) is 0 Å². The number of fused-ring (bicyclic) bond motifs is 5. The highest BCUT2D eigenvalue weighted by molar-refractivity contribution is 6.32. The van der Waals surface area contributed by atoms with Gasteiger partial charge in [-0.05, 0) is 54.4 Å². The van der Waals surface area contributed by atoms with Crippen molar-refractivity contribution >= 4 is 29.1 Å². The van der Waals surface area contributed by atoms with E-state index in [1.807, 2.05) is 42.2 Å². The fourth-order valence-corrected chi connectivity index (χ4v) is 7.46. The second-order valence-electron chi connectivity index (χ2n) is 11.5. The van der Waals surface area contributed by atoms with Crippen molar-refractivity contribution in [2.75, 3.05) is 26.2 Å². The third kappa shape index (κ3) is 3.71. The molecule has 220 valence electrons. The standard InChI is InChI=1S/C37H31NO6/c1-21-12-15-28-22(18-21)14-17-31-37(35(40)26-10-5-6-11-27(26)36(37)41)32(23-13-16-29(43-3)30(20-23)44-4)33(38(28)31)34(39)24-8-7-9-25(19-24)42-2/h5-20,31-33H,1-4H3/t31?,32-,33+/m0/s1. The molecule has 1 fully saturated rings. The summed E-state index contributed by atoms with van der Waals surface area (Å²) >= 11 is 0. The molecule has 0 saturated carbocycles. The molecule has 1 spiro atoms. The molecule has 1 aliphatic carbocycles. The number of hydrogen-bond donors (Lipinski definition) is 0. The molecule has 0 N–H and O–H groups in total. The quantitative estimate of drug-likeness (QED) is 0.193. The van der Waals surface area contributed by atoms with Crippen LogP contribution in [0.1, 0.15) is 53.7 Å². The van der Waals surface area contributed by atoms with Crippen molar-refractivity contribution in [2.24, 2.45) is 5.41 Å². The highest BCUT2D eigenvalue weighted by Crippen LogP contribution is 2.61. The first-order valence-corrected chi connectivity index (χ1v) is 14.5. The zero-order valence-electron chi connectivity index (χ0n) is 24.9. The van der Waals surface area contributed by atoms with Gasteiger partial charge >= 0.3 is 0 Å². The van der Waals surface area contributed by atoms with Gasteiger partial charge in [-0.3, -0.25) is 14.4 Å². The summed E-state index contributed by atoms with van der Waals surface area (Å²) in [7, 11) is 4.64. The van der Waals surface area contributed by atoms with Gasteiger partial charge in [-0.2, -0.15) is 0 Å². The van der Waals surface area contributed by atoms with Crippen molar-refractivity contribution in [1.29, 1.82) is 0 Å². The topological polar surface area (TPSA) is 82.1 Å². The normalized spacial score (nSPS) is 20.7. The Labute approximate surface area is 255 Å². The van der Waals surface area contributed by atoms with E-state index >= 15 is 0 Å². The fourth-order valence-electron chi connectivity index (χ4n) is 7.46. The largest absolute Gasteiger partial charge is 0.497 e. The summed E-state index contributed by atoms with van der Waals surface area (Å²) in [6, 6.07) is 23.7. The fraction of sp³-hybridized carbons (Fsp3) is 0.216. The van der Waals surface area contributed by atoms with Crippen LogP contribution in [-0.4, -0.2) is 50.8 Å². The van der Waals surface area contributed by atoms with Gasteiger partial charge in [-0.15, -0.1) is 0 Å². The minimum atomic E-state index is -1.61. The maximum atomic E-state index is 14.9. The Bertz CT molecular complexity index is 1860. The Morgan fingerprint density at radius 3 is 2.18 bits per heavy atom. The summed E-state index contributed by atoms with van der Waals surface area (Å²) < 4.78 is 16.7. The zero-order chi connectivity index (χ0) is 30.7. The summed E-state index contributed by atoms with van der Waals surface area (Å²) in [6.45, 7) is 2.01. The molecule has 3 atom stereocenters. The average molecular weight is 586 g/mol. The average Bonchev–Trinajstić information content (AvgIpc) is 3.49. The van der Waals surface area contributed by atoms with Crippen molar-refractivity contribution in [2.45, 2.75) is 24.9 Å². The molecule has 4 aromatic rings. The van der Waals surface area contributed by atoms with Gasteiger partial charge in [0.15, 0.2) is 28.8 Å². The summed E-state index contributed by atoms with van der Waals surface area (Å²) in [5, 5.41) is 0. The molecule has 2 heterocycles. The van der Waals surface area contributed by atoms with Crippen LogP contribution in [0.2, 0.25) is 0 Å². The molecule has 0 aromatic heterocycles. The van der Waals surface area contributed by atoms with Crippen molar-refractivity contribution < 1.29 is 28.6 Å². The minimum Gasteiger partial charge on any atom is -0.497 e. The van der Waals surface area contributed by atoms with Gasteiger partial charge in [0.25, 0.3) is 0 Å². The van der Waals surface area contributed by atoms with Gasteiger partial charge in [0.2, 0.25) is 0 Å². The molecule has 44 heavy (non-hydrogen) atoms. The second kappa shape index (κ2) is 10.2. The lowest BCUT2D eigenvalue weighted by Crippen LogP contribution is -2.48. The van der Waals surface area contributed by atoms with Crippen LogP contribution in [0.25, 0.3) is 6.08 Å². The van der Waals surface area contributed by atoms with Crippen LogP contribution in [0.15, 0.2) is 91.0 Å². The number of Topliss-reactive ketones (excluding diaryl/α,β-unsaturated/α-hetero) is 3. The molecule has 0 bridgehead atoms. The van der Waals surface area contributed by atoms with Crippen LogP contribution in [0.4, 0.5) is 5.69 Å². The number of anilines is 1. The van der Waals surface area contributed by atoms with E-state index in [1.54, 1.807) is 74.9 Å². The molecule has 7 rings (SSSR count). The number of carbonyl (C=O) groups excluding carboxylic acids is 3. The first-order chi connectivity index (χ1) is 21.3.